The van der Waals surface area contributed by atoms with E-state index in [4.69, 9.17) is 29.0 Å². The van der Waals surface area contributed by atoms with Crippen LogP contribution in [0.4, 0.5) is 0 Å². The van der Waals surface area contributed by atoms with Crippen molar-refractivity contribution in [1.82, 2.24) is 108 Å². The van der Waals surface area contributed by atoms with Gasteiger partial charge >= 0.3 is 22.8 Å². The van der Waals surface area contributed by atoms with E-state index in [1.54, 1.807) is 78.2 Å². The number of hydrogen-bond donors (Lipinski definition) is 0. The first kappa shape index (κ1) is 52.5. The molecule has 432 valence electrons. The maximum Gasteiger partial charge on any atom is 0.369 e. The van der Waals surface area contributed by atoms with Gasteiger partial charge in [0, 0.05) is 33.6 Å². The van der Waals surface area contributed by atoms with Crippen LogP contribution in [0.3, 0.4) is 0 Å². The maximum atomic E-state index is 11.9. The number of ether oxygens (including phenoxy) is 4. The van der Waals surface area contributed by atoms with E-state index in [0.717, 1.165) is 66.8 Å². The second-order valence-electron chi connectivity index (χ2n) is 17.5. The number of nitrogens with zero attached hydrogens (tertiary/aromatic N) is 22. The summed E-state index contributed by atoms with van der Waals surface area (Å²) >= 11 is 2.20. The van der Waals surface area contributed by atoms with Gasteiger partial charge in [0.1, 0.15) is 84.1 Å². The van der Waals surface area contributed by atoms with Crippen LogP contribution in [0.25, 0.3) is 23.0 Å². The van der Waals surface area contributed by atoms with E-state index in [2.05, 4.69) is 74.9 Å². The van der Waals surface area contributed by atoms with Crippen LogP contribution in [-0.2, 0) is 54.6 Å². The number of aromatic nitrogens is 22. The zero-order valence-electron chi connectivity index (χ0n) is 49.6. The van der Waals surface area contributed by atoms with Gasteiger partial charge in [-0.2, -0.15) is 41.2 Å². The molecule has 0 radical (unpaired) electrons. The van der Waals surface area contributed by atoms with Crippen LogP contribution >= 0.6 is 23.3 Å². The molecule has 4 aromatic carbocycles. The smallest absolute Gasteiger partial charge is 0.369 e. The van der Waals surface area contributed by atoms with Crippen molar-refractivity contribution in [1.29, 1.82) is 0 Å². The summed E-state index contributed by atoms with van der Waals surface area (Å²) in [4.78, 5) is 47.4. The Morgan fingerprint density at radius 3 is 1.29 bits per heavy atom. The molecule has 8 heterocycles. The Morgan fingerprint density at radius 2 is 0.845 bits per heavy atom. The second-order valence-corrected chi connectivity index (χ2v) is 18.6. The van der Waals surface area contributed by atoms with Gasteiger partial charge in [-0.25, -0.2) is 23.8 Å². The van der Waals surface area contributed by atoms with Gasteiger partial charge in [0.2, 0.25) is 11.6 Å². The SMILES string of the molecule is [3H]c1ccc(OCc2nocc2-n2nnn(C)c2=O)c(C)c1.[3H]c1ccc(OCc2nonc2-n2nnn(C)c2=O)c(C)c1.[3H]c1ccc(OCc2nscc2-n2nnn(C)c2=O)c(C)c1.[3H]c1ccc(OCc2nsnc2-n2nnn(C)c2=O)c(C)c1. The summed E-state index contributed by atoms with van der Waals surface area (Å²) in [5.74, 6) is 3.03. The number of rotatable bonds is 16. The molecule has 0 N–H and O–H groups in total. The van der Waals surface area contributed by atoms with Crippen molar-refractivity contribution in [3.05, 3.63) is 196 Å². The molecule has 34 heteroatoms. The van der Waals surface area contributed by atoms with Crippen molar-refractivity contribution in [3.8, 4) is 46.0 Å². The molecule has 32 nitrogen and oxygen atoms in total. The number of aryl methyl sites for hydroxylation is 8. The zero-order chi connectivity index (χ0) is 62.8. The fraction of sp³-hybridized carbons (Fsp3) is 0.240. The summed E-state index contributed by atoms with van der Waals surface area (Å²) in [6.45, 7) is 7.93. The molecular weight excluding hydrogens is 1130 g/mol. The lowest BCUT2D eigenvalue weighted by Gasteiger charge is -2.08. The molecule has 0 aliphatic heterocycles. The Balaban J connectivity index is 0.000000140. The van der Waals surface area contributed by atoms with Gasteiger partial charge < -0.3 is 23.5 Å². The first-order valence-corrected chi connectivity index (χ1v) is 26.1. The predicted molar refractivity (Wildman–Crippen MR) is 296 cm³/mol. The minimum absolute atomic E-state index is 0.0417. The summed E-state index contributed by atoms with van der Waals surface area (Å²) in [5, 5.41) is 42.5. The Kier molecular flexibility index (Phi) is 16.6. The first-order chi connectivity index (χ1) is 42.2. The highest BCUT2D eigenvalue weighted by Crippen LogP contribution is 2.23. The molecule has 0 atom stereocenters. The molecule has 8 aromatic heterocycles. The van der Waals surface area contributed by atoms with Crippen LogP contribution in [0, 0.1) is 27.7 Å². The Labute approximate surface area is 486 Å². The molecule has 0 spiro atoms. The van der Waals surface area contributed by atoms with Gasteiger partial charge in [-0.05, 0) is 138 Å². The normalized spacial score (nSPS) is 11.4. The third-order valence-corrected chi connectivity index (χ3v) is 12.8. The highest BCUT2D eigenvalue weighted by molar-refractivity contribution is 7.04. The summed E-state index contributed by atoms with van der Waals surface area (Å²) < 4.78 is 83.7. The van der Waals surface area contributed by atoms with Crippen molar-refractivity contribution in [2.75, 3.05) is 0 Å². The zero-order valence-corrected chi connectivity index (χ0v) is 47.3. The summed E-state index contributed by atoms with van der Waals surface area (Å²) in [7, 11) is 6.02. The third-order valence-electron chi connectivity index (χ3n) is 11.6. The highest BCUT2D eigenvalue weighted by atomic mass is 32.1. The van der Waals surface area contributed by atoms with Crippen LogP contribution in [0.15, 0.2) is 137 Å². The standard InChI is InChI=1S/C13H13N5O3.C13H13N5O2S.C12H12N6O3.C12H12N6O2S/c2*1-9-5-3-4-6-12(9)20-7-10-11(8-21-14-10)18-13(19)17(2)15-16-18;2*1-8-5-3-4-6-10(8)20-7-9-11(14-21-13-9)18-12(19)17(2)15-16-18/h2*3-6,8H,7H2,1-2H3;2*3-6H,7H2,1-2H3/i4*3T. The molecule has 12 aromatic rings. The maximum absolute atomic E-state index is 11.9. The van der Waals surface area contributed by atoms with E-state index < -0.39 is 17.1 Å². The van der Waals surface area contributed by atoms with E-state index in [1.165, 1.54) is 50.7 Å². The van der Waals surface area contributed by atoms with Gasteiger partial charge in [0.05, 0.1) is 17.2 Å². The van der Waals surface area contributed by atoms with Crippen LogP contribution in [0.5, 0.6) is 23.0 Å². The van der Waals surface area contributed by atoms with E-state index >= 15 is 0 Å². The monoisotopic (exact) mass is 1190 g/mol. The van der Waals surface area contributed by atoms with Crippen molar-refractivity contribution >= 4 is 23.3 Å². The largest absolute Gasteiger partial charge is 0.487 e. The van der Waals surface area contributed by atoms with Crippen molar-refractivity contribution in [2.24, 2.45) is 28.2 Å². The molecule has 0 unspecified atom stereocenters. The fourth-order valence-corrected chi connectivity index (χ4v) is 8.21. The molecule has 0 fully saturated rings. The van der Waals surface area contributed by atoms with Gasteiger partial charge in [0.25, 0.3) is 0 Å². The van der Waals surface area contributed by atoms with Gasteiger partial charge in [-0.15, -0.1) is 9.36 Å². The lowest BCUT2D eigenvalue weighted by molar-refractivity contribution is 0.269. The predicted octanol–water partition coefficient (Wildman–Crippen LogP) is 3.09. The van der Waals surface area contributed by atoms with Gasteiger partial charge in [-0.3, -0.25) is 0 Å². The topological polar surface area (TPSA) is 351 Å². The molecule has 0 aliphatic carbocycles. The van der Waals surface area contributed by atoms with Crippen LogP contribution < -0.4 is 41.7 Å². The Bertz CT molecular complexity index is 4050. The van der Waals surface area contributed by atoms with E-state index in [-0.39, 0.29) is 37.9 Å². The average molecular weight is 1190 g/mol. The number of hydrogen-bond acceptors (Lipinski definition) is 26. The van der Waals surface area contributed by atoms with Crippen LogP contribution in [-0.4, -0.2) is 108 Å². The minimum atomic E-state index is -0.466. The molecule has 0 saturated carbocycles. The number of para-hydroxylation sites is 4. The Morgan fingerprint density at radius 1 is 0.440 bits per heavy atom. The van der Waals surface area contributed by atoms with Crippen LogP contribution in [0.2, 0.25) is 0 Å². The lowest BCUT2D eigenvalue weighted by atomic mass is 10.2. The molecule has 12 rings (SSSR count). The minimum Gasteiger partial charge on any atom is -0.487 e. The lowest BCUT2D eigenvalue weighted by Crippen LogP contribution is -2.23. The second kappa shape index (κ2) is 26.6. The molecule has 0 bridgehead atoms. The summed E-state index contributed by atoms with van der Waals surface area (Å²) in [6, 6.07) is 22.0. The molecule has 0 amide bonds. The fourth-order valence-electron chi connectivity index (χ4n) is 7.01. The highest BCUT2D eigenvalue weighted by Gasteiger charge is 2.20. The van der Waals surface area contributed by atoms with Crippen LogP contribution in [0.1, 0.15) is 50.5 Å². The molecular formula is C50H50N22O10S2. The van der Waals surface area contributed by atoms with E-state index in [9.17, 15) is 19.2 Å². The Hall–Kier alpha value is -10.9. The van der Waals surface area contributed by atoms with E-state index in [1.807, 2.05) is 27.7 Å². The van der Waals surface area contributed by atoms with Gasteiger partial charge in [-0.1, -0.05) is 77.9 Å². The summed E-state index contributed by atoms with van der Waals surface area (Å²) in [5.41, 5.74) is 4.60. The molecule has 0 aliphatic rings. The quantitative estimate of drug-likeness (QED) is 0.134. The third kappa shape index (κ3) is 13.5. The van der Waals surface area contributed by atoms with Crippen molar-refractivity contribution in [3.63, 3.8) is 0 Å². The summed E-state index contributed by atoms with van der Waals surface area (Å²) in [6.07, 6.45) is 1.31. The average Bonchev–Trinajstić information content (AvgIpc) is 3.47. The first-order valence-electron chi connectivity index (χ1n) is 26.5. The molecule has 0 saturated heterocycles. The van der Waals surface area contributed by atoms with Crippen molar-refractivity contribution in [2.45, 2.75) is 54.1 Å². The van der Waals surface area contributed by atoms with Crippen molar-refractivity contribution < 1.29 is 33.6 Å². The number of tetrazole rings is 4. The molecule has 84 heavy (non-hydrogen) atoms. The number of benzene rings is 4. The van der Waals surface area contributed by atoms with E-state index in [0.29, 0.717) is 87.1 Å². The van der Waals surface area contributed by atoms with Gasteiger partial charge in [0.15, 0.2) is 5.69 Å².